The van der Waals surface area contributed by atoms with Crippen molar-refractivity contribution in [3.8, 4) is 0 Å². The summed E-state index contributed by atoms with van der Waals surface area (Å²) in [5.41, 5.74) is 3.53. The summed E-state index contributed by atoms with van der Waals surface area (Å²) in [6.45, 7) is 5.91. The Morgan fingerprint density at radius 2 is 2.15 bits per heavy atom. The van der Waals surface area contributed by atoms with Crippen molar-refractivity contribution in [1.29, 1.82) is 0 Å². The number of carbonyl (C=O) groups excluding carboxylic acids is 1. The van der Waals surface area contributed by atoms with E-state index in [-0.39, 0.29) is 11.8 Å². The molecule has 3 heterocycles. The maximum absolute atomic E-state index is 11.7. The molecule has 4 rings (SSSR count). The van der Waals surface area contributed by atoms with Crippen molar-refractivity contribution in [3.05, 3.63) is 58.1 Å². The summed E-state index contributed by atoms with van der Waals surface area (Å²) in [6.07, 6.45) is 5.00. The van der Waals surface area contributed by atoms with Crippen LogP contribution in [0.1, 0.15) is 48.3 Å². The van der Waals surface area contributed by atoms with Gasteiger partial charge in [0.25, 0.3) is 0 Å². The quantitative estimate of drug-likeness (QED) is 0.813. The summed E-state index contributed by atoms with van der Waals surface area (Å²) in [4.78, 5) is 25.6. The Bertz CT molecular complexity index is 841. The zero-order chi connectivity index (χ0) is 18.8. The lowest BCUT2D eigenvalue weighted by Crippen LogP contribution is -2.38. The van der Waals surface area contributed by atoms with E-state index in [1.54, 1.807) is 6.92 Å². The number of aromatic nitrogens is 2. The fourth-order valence-corrected chi connectivity index (χ4v) is 4.26. The zero-order valence-corrected chi connectivity index (χ0v) is 16.5. The number of likely N-dealkylation sites (tertiary alicyclic amines) is 1. The van der Waals surface area contributed by atoms with Crippen molar-refractivity contribution in [2.75, 3.05) is 19.6 Å². The normalized spacial score (nSPS) is 20.4. The molecule has 5 nitrogen and oxygen atoms in total. The molecule has 0 aliphatic carbocycles. The maximum atomic E-state index is 11.7. The average Bonchev–Trinajstić information content (AvgIpc) is 2.69. The Morgan fingerprint density at radius 3 is 2.96 bits per heavy atom. The highest BCUT2D eigenvalue weighted by atomic mass is 35.5. The van der Waals surface area contributed by atoms with E-state index in [0.29, 0.717) is 0 Å². The minimum Gasteiger partial charge on any atom is -0.342 e. The number of hydrogen-bond donors (Lipinski definition) is 0. The van der Waals surface area contributed by atoms with E-state index < -0.39 is 0 Å². The molecular weight excluding hydrogens is 360 g/mol. The van der Waals surface area contributed by atoms with Crippen LogP contribution in [0.5, 0.6) is 0 Å². The van der Waals surface area contributed by atoms with Gasteiger partial charge in [0.1, 0.15) is 5.82 Å². The van der Waals surface area contributed by atoms with Crippen molar-refractivity contribution in [1.82, 2.24) is 19.8 Å². The Morgan fingerprint density at radius 1 is 1.30 bits per heavy atom. The smallest absolute Gasteiger partial charge is 0.219 e. The molecule has 142 valence electrons. The number of carbonyl (C=O) groups is 1. The van der Waals surface area contributed by atoms with E-state index in [2.05, 4.69) is 16.0 Å². The third kappa shape index (κ3) is 4.14. The summed E-state index contributed by atoms with van der Waals surface area (Å²) in [5, 5.41) is 0.821. The summed E-state index contributed by atoms with van der Waals surface area (Å²) in [6, 6.07) is 8.02. The SMILES string of the molecule is CC(=O)N1CCCC(c2ncc3c(n2)CCN(Cc2ccccc2Cl)C3)C1. The molecule has 1 aromatic heterocycles. The number of benzene rings is 1. The molecule has 1 fully saturated rings. The van der Waals surface area contributed by atoms with Crippen molar-refractivity contribution in [2.45, 2.75) is 45.2 Å². The van der Waals surface area contributed by atoms with E-state index in [1.165, 1.54) is 5.56 Å². The first-order valence-corrected chi connectivity index (χ1v) is 10.0. The number of nitrogens with zero attached hydrogens (tertiary/aromatic N) is 4. The van der Waals surface area contributed by atoms with E-state index >= 15 is 0 Å². The largest absolute Gasteiger partial charge is 0.342 e. The lowest BCUT2D eigenvalue weighted by atomic mass is 9.96. The molecule has 2 aromatic rings. The second-order valence-corrected chi connectivity index (χ2v) is 7.96. The first-order chi connectivity index (χ1) is 13.1. The predicted molar refractivity (Wildman–Crippen MR) is 106 cm³/mol. The molecule has 0 spiro atoms. The van der Waals surface area contributed by atoms with Gasteiger partial charge in [0.2, 0.25) is 5.91 Å². The third-order valence-electron chi connectivity index (χ3n) is 5.62. The number of piperidine rings is 1. The molecule has 0 bridgehead atoms. The molecule has 1 atom stereocenters. The van der Waals surface area contributed by atoms with Crippen LogP contribution in [0, 0.1) is 0 Å². The van der Waals surface area contributed by atoms with Crippen LogP contribution in [0.15, 0.2) is 30.5 Å². The number of fused-ring (bicyclic) bond motifs is 1. The van der Waals surface area contributed by atoms with E-state index in [9.17, 15) is 4.79 Å². The van der Waals surface area contributed by atoms with Gasteiger partial charge in [-0.1, -0.05) is 29.8 Å². The van der Waals surface area contributed by atoms with Crippen molar-refractivity contribution >= 4 is 17.5 Å². The van der Waals surface area contributed by atoms with Crippen LogP contribution < -0.4 is 0 Å². The molecule has 1 saturated heterocycles. The summed E-state index contributed by atoms with van der Waals surface area (Å²) in [5.74, 6) is 1.31. The van der Waals surface area contributed by atoms with Crippen molar-refractivity contribution < 1.29 is 4.79 Å². The van der Waals surface area contributed by atoms with Gasteiger partial charge in [0.05, 0.1) is 0 Å². The van der Waals surface area contributed by atoms with Gasteiger partial charge in [-0.3, -0.25) is 9.69 Å². The monoisotopic (exact) mass is 384 g/mol. The highest BCUT2D eigenvalue weighted by Crippen LogP contribution is 2.27. The highest BCUT2D eigenvalue weighted by Gasteiger charge is 2.26. The minimum absolute atomic E-state index is 0.146. The first-order valence-electron chi connectivity index (χ1n) is 9.66. The molecule has 2 aliphatic rings. The Labute approximate surface area is 165 Å². The second-order valence-electron chi connectivity index (χ2n) is 7.56. The van der Waals surface area contributed by atoms with Gasteiger partial charge < -0.3 is 4.90 Å². The summed E-state index contributed by atoms with van der Waals surface area (Å²) < 4.78 is 0. The maximum Gasteiger partial charge on any atom is 0.219 e. The molecule has 1 unspecified atom stereocenters. The summed E-state index contributed by atoms with van der Waals surface area (Å²) >= 11 is 6.31. The highest BCUT2D eigenvalue weighted by molar-refractivity contribution is 6.31. The fourth-order valence-electron chi connectivity index (χ4n) is 4.06. The molecule has 0 saturated carbocycles. The Balaban J connectivity index is 1.45. The lowest BCUT2D eigenvalue weighted by molar-refractivity contribution is -0.130. The van der Waals surface area contributed by atoms with Gasteiger partial charge in [-0.25, -0.2) is 9.97 Å². The average molecular weight is 385 g/mol. The molecule has 1 amide bonds. The number of rotatable bonds is 3. The van der Waals surface area contributed by atoms with Gasteiger partial charge in [-0.15, -0.1) is 0 Å². The van der Waals surface area contributed by atoms with Crippen LogP contribution in [0.4, 0.5) is 0 Å². The topological polar surface area (TPSA) is 49.3 Å². The van der Waals surface area contributed by atoms with Gasteiger partial charge in [0.15, 0.2) is 0 Å². The molecule has 0 radical (unpaired) electrons. The van der Waals surface area contributed by atoms with Crippen LogP contribution >= 0.6 is 11.6 Å². The minimum atomic E-state index is 0.146. The third-order valence-corrected chi connectivity index (χ3v) is 5.98. The van der Waals surface area contributed by atoms with Crippen LogP contribution in [0.25, 0.3) is 0 Å². The van der Waals surface area contributed by atoms with Crippen LogP contribution in [-0.4, -0.2) is 45.3 Å². The van der Waals surface area contributed by atoms with E-state index in [0.717, 1.165) is 74.1 Å². The zero-order valence-electron chi connectivity index (χ0n) is 15.7. The van der Waals surface area contributed by atoms with Crippen molar-refractivity contribution in [3.63, 3.8) is 0 Å². The molecule has 2 aliphatic heterocycles. The molecule has 27 heavy (non-hydrogen) atoms. The molecule has 1 aromatic carbocycles. The Kier molecular flexibility index (Phi) is 5.41. The van der Waals surface area contributed by atoms with E-state index in [1.807, 2.05) is 29.3 Å². The first kappa shape index (κ1) is 18.4. The van der Waals surface area contributed by atoms with Gasteiger partial charge in [-0.2, -0.15) is 0 Å². The van der Waals surface area contributed by atoms with Gasteiger partial charge in [-0.05, 0) is 24.5 Å². The predicted octanol–water partition coefficient (Wildman–Crippen LogP) is 3.41. The lowest BCUT2D eigenvalue weighted by Gasteiger charge is -2.32. The van der Waals surface area contributed by atoms with Crippen LogP contribution in [0.3, 0.4) is 0 Å². The second kappa shape index (κ2) is 7.95. The molecular formula is C21H25ClN4O. The number of amides is 1. The number of hydrogen-bond acceptors (Lipinski definition) is 4. The van der Waals surface area contributed by atoms with Crippen LogP contribution in [0.2, 0.25) is 5.02 Å². The van der Waals surface area contributed by atoms with Gasteiger partial charge in [0, 0.05) is 74.5 Å². The molecule has 0 N–H and O–H groups in total. The van der Waals surface area contributed by atoms with E-state index in [4.69, 9.17) is 16.6 Å². The Hall–Kier alpha value is -1.98. The fraction of sp³-hybridized carbons (Fsp3) is 0.476. The standard InChI is InChI=1S/C21H25ClN4O/c1-15(27)26-9-4-6-17(14-26)21-23-11-18-13-25(10-8-20(18)24-21)12-16-5-2-3-7-19(16)22/h2-3,5,7,11,17H,4,6,8-10,12-14H2,1H3. The van der Waals surface area contributed by atoms with Crippen molar-refractivity contribution in [2.24, 2.45) is 0 Å². The molecule has 6 heteroatoms. The van der Waals surface area contributed by atoms with Gasteiger partial charge >= 0.3 is 0 Å². The number of halogens is 1. The van der Waals surface area contributed by atoms with Crippen LogP contribution in [-0.2, 0) is 24.3 Å². The summed E-state index contributed by atoms with van der Waals surface area (Å²) in [7, 11) is 0.